The summed E-state index contributed by atoms with van der Waals surface area (Å²) in [6, 6.07) is 0.812. The molecule has 0 saturated heterocycles. The van der Waals surface area contributed by atoms with E-state index >= 15 is 0 Å². The molecule has 1 aliphatic carbocycles. The summed E-state index contributed by atoms with van der Waals surface area (Å²) in [4.78, 5) is 2.33. The van der Waals surface area contributed by atoms with Crippen molar-refractivity contribution in [2.24, 2.45) is 11.3 Å². The fourth-order valence-corrected chi connectivity index (χ4v) is 3.01. The Morgan fingerprint density at radius 3 is 2.32 bits per heavy atom. The molecule has 1 atom stereocenters. The summed E-state index contributed by atoms with van der Waals surface area (Å²) in [6.07, 6.45) is 5.33. The second-order valence-electron chi connectivity index (χ2n) is 7.16. The third-order valence-corrected chi connectivity index (χ3v) is 4.82. The molecule has 3 nitrogen and oxygen atoms in total. The van der Waals surface area contributed by atoms with E-state index in [9.17, 15) is 5.11 Å². The first-order valence-electron chi connectivity index (χ1n) is 7.93. The number of likely N-dealkylation sites (N-methyl/N-ethyl adjacent to an activating group) is 1. The van der Waals surface area contributed by atoms with Crippen LogP contribution in [0.4, 0.5) is 0 Å². The Labute approximate surface area is 119 Å². The van der Waals surface area contributed by atoms with Gasteiger partial charge in [-0.25, -0.2) is 0 Å². The van der Waals surface area contributed by atoms with Crippen molar-refractivity contribution in [2.75, 3.05) is 26.7 Å². The largest absolute Gasteiger partial charge is 0.395 e. The van der Waals surface area contributed by atoms with Crippen LogP contribution in [0, 0.1) is 11.3 Å². The first-order chi connectivity index (χ1) is 8.88. The van der Waals surface area contributed by atoms with Gasteiger partial charge in [0.05, 0.1) is 6.61 Å². The van der Waals surface area contributed by atoms with Gasteiger partial charge in [-0.05, 0) is 38.1 Å². The van der Waals surface area contributed by atoms with Crippen LogP contribution in [0.25, 0.3) is 0 Å². The number of aliphatic hydroxyl groups is 1. The van der Waals surface area contributed by atoms with Crippen LogP contribution >= 0.6 is 0 Å². The van der Waals surface area contributed by atoms with E-state index in [2.05, 4.69) is 45.0 Å². The fourth-order valence-electron chi connectivity index (χ4n) is 3.01. The summed E-state index contributed by atoms with van der Waals surface area (Å²) in [5.41, 5.74) is 0.398. The Hall–Kier alpha value is -0.120. The Morgan fingerprint density at radius 1 is 1.26 bits per heavy atom. The lowest BCUT2D eigenvalue weighted by Crippen LogP contribution is -2.49. The molecule has 0 aromatic heterocycles. The van der Waals surface area contributed by atoms with Crippen molar-refractivity contribution in [1.82, 2.24) is 10.2 Å². The minimum atomic E-state index is 0.251. The predicted octanol–water partition coefficient (Wildman–Crippen LogP) is 2.49. The van der Waals surface area contributed by atoms with Crippen LogP contribution in [0.3, 0.4) is 0 Å². The van der Waals surface area contributed by atoms with Crippen molar-refractivity contribution in [3.05, 3.63) is 0 Å². The molecule has 0 amide bonds. The lowest BCUT2D eigenvalue weighted by molar-refractivity contribution is 0.0632. The number of aliphatic hydroxyl groups excluding tert-OH is 1. The molecule has 0 aromatic carbocycles. The van der Waals surface area contributed by atoms with Crippen molar-refractivity contribution >= 4 is 0 Å². The Bertz CT molecular complexity index is 247. The zero-order chi connectivity index (χ0) is 14.5. The van der Waals surface area contributed by atoms with Crippen LogP contribution in [-0.2, 0) is 0 Å². The molecule has 1 rings (SSSR count). The molecule has 0 bridgehead atoms. The molecule has 1 aliphatic rings. The van der Waals surface area contributed by atoms with E-state index in [0.717, 1.165) is 19.0 Å². The van der Waals surface area contributed by atoms with E-state index in [-0.39, 0.29) is 12.6 Å². The van der Waals surface area contributed by atoms with Crippen LogP contribution in [0.15, 0.2) is 0 Å². The van der Waals surface area contributed by atoms with Gasteiger partial charge in [-0.1, -0.05) is 33.6 Å². The van der Waals surface area contributed by atoms with Gasteiger partial charge in [-0.15, -0.1) is 0 Å². The number of nitrogens with zero attached hydrogens (tertiary/aromatic N) is 1. The molecule has 1 saturated carbocycles. The number of hydrogen-bond donors (Lipinski definition) is 2. The summed E-state index contributed by atoms with van der Waals surface area (Å²) in [7, 11) is 2.15. The second-order valence-corrected chi connectivity index (χ2v) is 7.16. The normalized spacial score (nSPS) is 30.0. The first kappa shape index (κ1) is 16.9. The highest BCUT2D eigenvalue weighted by Gasteiger charge is 2.35. The van der Waals surface area contributed by atoms with E-state index in [1.165, 1.54) is 25.7 Å². The van der Waals surface area contributed by atoms with Gasteiger partial charge in [0.1, 0.15) is 0 Å². The highest BCUT2D eigenvalue weighted by molar-refractivity contribution is 4.90. The standard InChI is InChI=1S/C16H34N2O/c1-13(2)17-11-16(8-6-14(3)7-9-16)12-18(5)15(4)10-19/h13-15,17,19H,6-12H2,1-5H3. The zero-order valence-corrected chi connectivity index (χ0v) is 13.6. The monoisotopic (exact) mass is 270 g/mol. The minimum absolute atomic E-state index is 0.251. The molecular formula is C16H34N2O. The summed E-state index contributed by atoms with van der Waals surface area (Å²) >= 11 is 0. The van der Waals surface area contributed by atoms with Crippen molar-refractivity contribution in [3.8, 4) is 0 Å². The van der Waals surface area contributed by atoms with Crippen LogP contribution in [0.5, 0.6) is 0 Å². The molecule has 0 radical (unpaired) electrons. The van der Waals surface area contributed by atoms with Gasteiger partial charge in [0.2, 0.25) is 0 Å². The van der Waals surface area contributed by atoms with Gasteiger partial charge in [-0.2, -0.15) is 0 Å². The third-order valence-electron chi connectivity index (χ3n) is 4.82. The third kappa shape index (κ3) is 5.41. The zero-order valence-electron chi connectivity index (χ0n) is 13.6. The molecule has 0 aromatic rings. The van der Waals surface area contributed by atoms with E-state index in [0.29, 0.717) is 11.5 Å². The summed E-state index contributed by atoms with van der Waals surface area (Å²) in [6.45, 7) is 11.4. The van der Waals surface area contributed by atoms with Crippen LogP contribution in [0.1, 0.15) is 53.4 Å². The average molecular weight is 270 g/mol. The SMILES string of the molecule is CC1CCC(CNC(C)C)(CN(C)C(C)CO)CC1. The van der Waals surface area contributed by atoms with E-state index in [1.54, 1.807) is 0 Å². The maximum atomic E-state index is 9.32. The number of nitrogens with one attached hydrogen (secondary N) is 1. The maximum Gasteiger partial charge on any atom is 0.0584 e. The first-order valence-corrected chi connectivity index (χ1v) is 7.93. The second kappa shape index (κ2) is 7.61. The average Bonchev–Trinajstić information content (AvgIpc) is 2.38. The van der Waals surface area contributed by atoms with Crippen molar-refractivity contribution in [3.63, 3.8) is 0 Å². The molecule has 0 spiro atoms. The fraction of sp³-hybridized carbons (Fsp3) is 1.00. The van der Waals surface area contributed by atoms with Crippen molar-refractivity contribution in [2.45, 2.75) is 65.5 Å². The van der Waals surface area contributed by atoms with Gasteiger partial charge >= 0.3 is 0 Å². The number of hydrogen-bond acceptors (Lipinski definition) is 3. The maximum absolute atomic E-state index is 9.32. The number of rotatable bonds is 7. The highest BCUT2D eigenvalue weighted by Crippen LogP contribution is 2.39. The lowest BCUT2D eigenvalue weighted by Gasteiger charge is -2.43. The highest BCUT2D eigenvalue weighted by atomic mass is 16.3. The van der Waals surface area contributed by atoms with Gasteiger partial charge in [-0.3, -0.25) is 0 Å². The van der Waals surface area contributed by atoms with Gasteiger partial charge in [0.25, 0.3) is 0 Å². The van der Waals surface area contributed by atoms with Gasteiger partial charge in [0.15, 0.2) is 0 Å². The summed E-state index contributed by atoms with van der Waals surface area (Å²) in [5.74, 6) is 0.882. The van der Waals surface area contributed by atoms with E-state index in [1.807, 2.05) is 0 Å². The molecular weight excluding hydrogens is 236 g/mol. The molecule has 0 aliphatic heterocycles. The molecule has 1 fully saturated rings. The Morgan fingerprint density at radius 2 is 1.84 bits per heavy atom. The van der Waals surface area contributed by atoms with E-state index in [4.69, 9.17) is 0 Å². The van der Waals surface area contributed by atoms with Crippen molar-refractivity contribution < 1.29 is 5.11 Å². The molecule has 3 heteroatoms. The topological polar surface area (TPSA) is 35.5 Å². The van der Waals surface area contributed by atoms with Gasteiger partial charge in [0, 0.05) is 25.2 Å². The minimum Gasteiger partial charge on any atom is -0.395 e. The van der Waals surface area contributed by atoms with Crippen LogP contribution in [0.2, 0.25) is 0 Å². The van der Waals surface area contributed by atoms with Gasteiger partial charge < -0.3 is 15.3 Å². The Kier molecular flexibility index (Phi) is 6.78. The van der Waals surface area contributed by atoms with Crippen LogP contribution in [-0.4, -0.2) is 48.8 Å². The summed E-state index contributed by atoms with van der Waals surface area (Å²) < 4.78 is 0. The molecule has 19 heavy (non-hydrogen) atoms. The molecule has 2 N–H and O–H groups in total. The molecule has 114 valence electrons. The molecule has 0 heterocycles. The summed E-state index contributed by atoms with van der Waals surface area (Å²) in [5, 5.41) is 13.0. The predicted molar refractivity (Wildman–Crippen MR) is 82.4 cm³/mol. The van der Waals surface area contributed by atoms with Crippen molar-refractivity contribution in [1.29, 1.82) is 0 Å². The Balaban J connectivity index is 2.63. The van der Waals surface area contributed by atoms with E-state index < -0.39 is 0 Å². The van der Waals surface area contributed by atoms with Crippen LogP contribution < -0.4 is 5.32 Å². The quantitative estimate of drug-likeness (QED) is 0.746. The molecule has 1 unspecified atom stereocenters. The smallest absolute Gasteiger partial charge is 0.0584 e. The lowest BCUT2D eigenvalue weighted by atomic mass is 9.70.